The Morgan fingerprint density at radius 3 is 2.33 bits per heavy atom. The van der Waals surface area contributed by atoms with Gasteiger partial charge in [0, 0.05) is 0 Å². The van der Waals surface area contributed by atoms with Crippen molar-refractivity contribution in [1.82, 2.24) is 0 Å². The molecule has 3 heteroatoms. The number of hydrogen-bond acceptors (Lipinski definition) is 2. The van der Waals surface area contributed by atoms with Gasteiger partial charge in [-0.1, -0.05) is 6.07 Å². The number of hydrogen-bond donors (Lipinski definition) is 2. The van der Waals surface area contributed by atoms with Crippen LogP contribution in [0.4, 0.5) is 0 Å². The van der Waals surface area contributed by atoms with Gasteiger partial charge in [0.1, 0.15) is 5.75 Å². The van der Waals surface area contributed by atoms with Gasteiger partial charge in [0.05, 0.1) is 10.1 Å². The molecular weight excluding hydrogens is 220 g/mol. The third-order valence-electron chi connectivity index (χ3n) is 1.65. The van der Waals surface area contributed by atoms with Gasteiger partial charge in [-0.25, -0.2) is 0 Å². The van der Waals surface area contributed by atoms with E-state index >= 15 is 0 Å². The highest BCUT2D eigenvalue weighted by Crippen LogP contribution is 2.29. The van der Waals surface area contributed by atoms with Crippen molar-refractivity contribution in [1.29, 1.82) is 0 Å². The Bertz CT molecular complexity index is 289. The molecule has 0 bridgehead atoms. The van der Waals surface area contributed by atoms with Crippen molar-refractivity contribution in [2.45, 2.75) is 19.4 Å². The smallest absolute Gasteiger partial charge is 0.130 e. The molecule has 0 spiro atoms. The molecule has 0 fully saturated rings. The summed E-state index contributed by atoms with van der Waals surface area (Å²) in [5.41, 5.74) is -0.207. The molecule has 0 amide bonds. The second-order valence-corrected chi connectivity index (χ2v) is 4.08. The van der Waals surface area contributed by atoms with Crippen molar-refractivity contribution in [3.8, 4) is 5.75 Å². The van der Waals surface area contributed by atoms with Crippen LogP contribution >= 0.6 is 15.9 Å². The first-order chi connectivity index (χ1) is 5.41. The standard InChI is InChI=1S/C9H11BrO2/c1-9(2,12)6-3-4-7(10)8(11)5-6/h3-5,11-12H,1-2H3. The van der Waals surface area contributed by atoms with Crippen molar-refractivity contribution in [2.75, 3.05) is 0 Å². The van der Waals surface area contributed by atoms with Gasteiger partial charge in [-0.15, -0.1) is 0 Å². The molecule has 2 nitrogen and oxygen atoms in total. The molecule has 1 aromatic carbocycles. The lowest BCUT2D eigenvalue weighted by atomic mass is 9.98. The maximum atomic E-state index is 9.58. The summed E-state index contributed by atoms with van der Waals surface area (Å²) < 4.78 is 0.635. The lowest BCUT2D eigenvalue weighted by molar-refractivity contribution is 0.0783. The highest BCUT2D eigenvalue weighted by Gasteiger charge is 2.16. The van der Waals surface area contributed by atoms with Crippen LogP contribution in [-0.4, -0.2) is 10.2 Å². The average Bonchev–Trinajstić information content (AvgIpc) is 1.92. The van der Waals surface area contributed by atoms with Gasteiger partial charge in [0.15, 0.2) is 0 Å². The van der Waals surface area contributed by atoms with E-state index < -0.39 is 5.60 Å². The van der Waals surface area contributed by atoms with Crippen molar-refractivity contribution >= 4 is 15.9 Å². The van der Waals surface area contributed by atoms with Crippen LogP contribution in [-0.2, 0) is 5.60 Å². The Morgan fingerprint density at radius 2 is 1.92 bits per heavy atom. The van der Waals surface area contributed by atoms with Gasteiger partial charge < -0.3 is 10.2 Å². The molecule has 1 rings (SSSR count). The first-order valence-corrected chi connectivity index (χ1v) is 4.42. The van der Waals surface area contributed by atoms with Gasteiger partial charge >= 0.3 is 0 Å². The number of aliphatic hydroxyl groups is 1. The maximum Gasteiger partial charge on any atom is 0.130 e. The molecule has 2 N–H and O–H groups in total. The number of phenolic OH excluding ortho intramolecular Hbond substituents is 1. The van der Waals surface area contributed by atoms with E-state index in [1.807, 2.05) is 0 Å². The summed E-state index contributed by atoms with van der Waals surface area (Å²) in [7, 11) is 0. The number of benzene rings is 1. The van der Waals surface area contributed by atoms with E-state index in [0.29, 0.717) is 10.0 Å². The topological polar surface area (TPSA) is 40.5 Å². The Hall–Kier alpha value is -0.540. The summed E-state index contributed by atoms with van der Waals surface area (Å²) in [5.74, 6) is 0.148. The van der Waals surface area contributed by atoms with Crippen LogP contribution in [0.1, 0.15) is 19.4 Å². The minimum atomic E-state index is -0.905. The van der Waals surface area contributed by atoms with Gasteiger partial charge in [-0.05, 0) is 47.5 Å². The summed E-state index contributed by atoms with van der Waals surface area (Å²) >= 11 is 3.16. The Balaban J connectivity index is 3.14. The zero-order valence-electron chi connectivity index (χ0n) is 7.00. The maximum absolute atomic E-state index is 9.58. The first kappa shape index (κ1) is 9.55. The SMILES string of the molecule is CC(C)(O)c1ccc(Br)c(O)c1. The molecule has 0 saturated carbocycles. The fourth-order valence-corrected chi connectivity index (χ4v) is 1.14. The van der Waals surface area contributed by atoms with Crippen LogP contribution in [0.5, 0.6) is 5.75 Å². The third kappa shape index (κ3) is 1.99. The van der Waals surface area contributed by atoms with E-state index in [9.17, 15) is 10.2 Å². The van der Waals surface area contributed by atoms with Crippen molar-refractivity contribution < 1.29 is 10.2 Å². The van der Waals surface area contributed by atoms with Crippen molar-refractivity contribution in [3.05, 3.63) is 28.2 Å². The molecule has 0 atom stereocenters. The van der Waals surface area contributed by atoms with Crippen LogP contribution in [0.25, 0.3) is 0 Å². The molecule has 0 aliphatic heterocycles. The van der Waals surface area contributed by atoms with Gasteiger partial charge in [0.2, 0.25) is 0 Å². The first-order valence-electron chi connectivity index (χ1n) is 3.62. The van der Waals surface area contributed by atoms with Gasteiger partial charge in [-0.3, -0.25) is 0 Å². The zero-order valence-corrected chi connectivity index (χ0v) is 8.59. The molecule has 0 heterocycles. The number of rotatable bonds is 1. The third-order valence-corrected chi connectivity index (χ3v) is 2.32. The van der Waals surface area contributed by atoms with Crippen LogP contribution in [0, 0.1) is 0 Å². The van der Waals surface area contributed by atoms with E-state index in [0.717, 1.165) is 0 Å². The Kier molecular flexibility index (Phi) is 2.44. The average molecular weight is 231 g/mol. The lowest BCUT2D eigenvalue weighted by Gasteiger charge is -2.17. The summed E-state index contributed by atoms with van der Waals surface area (Å²) in [6.07, 6.45) is 0. The monoisotopic (exact) mass is 230 g/mol. The summed E-state index contributed by atoms with van der Waals surface area (Å²) in [4.78, 5) is 0. The minimum absolute atomic E-state index is 0.148. The molecule has 0 aromatic heterocycles. The largest absolute Gasteiger partial charge is 0.507 e. The van der Waals surface area contributed by atoms with Crippen LogP contribution in [0.15, 0.2) is 22.7 Å². The van der Waals surface area contributed by atoms with E-state index in [4.69, 9.17) is 0 Å². The normalized spacial score (nSPS) is 11.7. The molecule has 1 aromatic rings. The number of phenols is 1. The van der Waals surface area contributed by atoms with Crippen LogP contribution < -0.4 is 0 Å². The highest BCUT2D eigenvalue weighted by molar-refractivity contribution is 9.10. The van der Waals surface area contributed by atoms with Crippen LogP contribution in [0.2, 0.25) is 0 Å². The molecule has 66 valence electrons. The molecule has 0 radical (unpaired) electrons. The van der Waals surface area contributed by atoms with E-state index in [1.54, 1.807) is 32.0 Å². The second-order valence-electron chi connectivity index (χ2n) is 3.23. The minimum Gasteiger partial charge on any atom is -0.507 e. The quantitative estimate of drug-likeness (QED) is 0.778. The summed E-state index contributed by atoms with van der Waals surface area (Å²) in [6, 6.07) is 5.02. The van der Waals surface area contributed by atoms with Crippen LogP contribution in [0.3, 0.4) is 0 Å². The predicted molar refractivity (Wildman–Crippen MR) is 51.1 cm³/mol. The Morgan fingerprint density at radius 1 is 1.33 bits per heavy atom. The molecule has 0 saturated heterocycles. The van der Waals surface area contributed by atoms with E-state index in [2.05, 4.69) is 15.9 Å². The summed E-state index contributed by atoms with van der Waals surface area (Å²) in [5, 5.41) is 18.9. The fraction of sp³-hybridized carbons (Fsp3) is 0.333. The molecule has 0 aliphatic rings. The highest BCUT2D eigenvalue weighted by atomic mass is 79.9. The molecular formula is C9H11BrO2. The number of aromatic hydroxyl groups is 1. The second kappa shape index (κ2) is 3.07. The molecule has 12 heavy (non-hydrogen) atoms. The van der Waals surface area contributed by atoms with E-state index in [-0.39, 0.29) is 5.75 Å². The van der Waals surface area contributed by atoms with Gasteiger partial charge in [-0.2, -0.15) is 0 Å². The van der Waals surface area contributed by atoms with Gasteiger partial charge in [0.25, 0.3) is 0 Å². The molecule has 0 unspecified atom stereocenters. The van der Waals surface area contributed by atoms with Crippen molar-refractivity contribution in [3.63, 3.8) is 0 Å². The van der Waals surface area contributed by atoms with E-state index in [1.165, 1.54) is 0 Å². The molecule has 0 aliphatic carbocycles. The lowest BCUT2D eigenvalue weighted by Crippen LogP contribution is -2.14. The fourth-order valence-electron chi connectivity index (χ4n) is 0.893. The summed E-state index contributed by atoms with van der Waals surface area (Å²) in [6.45, 7) is 3.35. The van der Waals surface area contributed by atoms with Crippen molar-refractivity contribution in [2.24, 2.45) is 0 Å². The zero-order chi connectivity index (χ0) is 9.35. The predicted octanol–water partition coefficient (Wildman–Crippen LogP) is 2.38. The number of halogens is 1. The Labute approximate surface area is 80.0 Å².